The summed E-state index contributed by atoms with van der Waals surface area (Å²) in [7, 11) is 1.37. The second-order valence-electron chi connectivity index (χ2n) is 4.55. The van der Waals surface area contributed by atoms with E-state index in [1.165, 1.54) is 25.3 Å². The monoisotopic (exact) mass is 281 g/mol. The lowest BCUT2D eigenvalue weighted by Gasteiger charge is -2.07. The summed E-state index contributed by atoms with van der Waals surface area (Å²) in [5.74, 6) is -0.625. The van der Waals surface area contributed by atoms with Gasteiger partial charge in [-0.1, -0.05) is 18.2 Å². The van der Waals surface area contributed by atoms with Crippen molar-refractivity contribution in [1.29, 1.82) is 0 Å². The molecule has 0 atom stereocenters. The van der Waals surface area contributed by atoms with E-state index in [9.17, 15) is 9.18 Å². The predicted octanol–water partition coefficient (Wildman–Crippen LogP) is 3.61. The minimum atomic E-state index is -0.492. The Balaban J connectivity index is 2.13. The highest BCUT2D eigenvalue weighted by atomic mass is 19.1. The van der Waals surface area contributed by atoms with Crippen molar-refractivity contribution in [3.8, 4) is 5.75 Å². The zero-order chi connectivity index (χ0) is 14.8. The molecule has 0 aliphatic rings. The third-order valence-electron chi connectivity index (χ3n) is 3.30. The summed E-state index contributed by atoms with van der Waals surface area (Å²) < 4.78 is 18.4. The van der Waals surface area contributed by atoms with Crippen LogP contribution in [0.5, 0.6) is 5.75 Å². The Morgan fingerprint density at radius 1 is 1.14 bits per heavy atom. The van der Waals surface area contributed by atoms with Crippen molar-refractivity contribution < 1.29 is 13.9 Å². The summed E-state index contributed by atoms with van der Waals surface area (Å²) in [6.07, 6.45) is 1.68. The molecule has 0 spiro atoms. The average molecular weight is 281 g/mol. The molecule has 1 aromatic heterocycles. The van der Waals surface area contributed by atoms with E-state index in [0.717, 1.165) is 10.9 Å². The summed E-state index contributed by atoms with van der Waals surface area (Å²) in [6.45, 7) is 0. The van der Waals surface area contributed by atoms with Crippen LogP contribution in [0.3, 0.4) is 0 Å². The minimum Gasteiger partial charge on any atom is -0.494 e. The average Bonchev–Trinajstić information content (AvgIpc) is 2.54. The van der Waals surface area contributed by atoms with E-state index in [1.54, 1.807) is 24.4 Å². The van der Waals surface area contributed by atoms with Crippen LogP contribution in [0.15, 0.2) is 54.7 Å². The van der Waals surface area contributed by atoms with E-state index in [4.69, 9.17) is 4.74 Å². The van der Waals surface area contributed by atoms with Crippen molar-refractivity contribution in [2.75, 3.05) is 7.11 Å². The van der Waals surface area contributed by atoms with Crippen LogP contribution >= 0.6 is 0 Å². The van der Waals surface area contributed by atoms with E-state index >= 15 is 0 Å². The van der Waals surface area contributed by atoms with Crippen LogP contribution in [0, 0.1) is 5.82 Å². The fraction of sp³-hybridized carbons (Fsp3) is 0.0588. The van der Waals surface area contributed by atoms with Gasteiger partial charge in [0, 0.05) is 22.7 Å². The number of nitrogens with zero attached hydrogens (tertiary/aromatic N) is 1. The number of pyridine rings is 1. The van der Waals surface area contributed by atoms with Gasteiger partial charge in [-0.05, 0) is 30.3 Å². The molecule has 0 saturated heterocycles. The number of fused-ring (bicyclic) bond motifs is 1. The lowest BCUT2D eigenvalue weighted by molar-refractivity contribution is 0.104. The normalized spacial score (nSPS) is 10.6. The van der Waals surface area contributed by atoms with Gasteiger partial charge in [0.05, 0.1) is 12.6 Å². The molecule has 1 heterocycles. The molecular weight excluding hydrogens is 269 g/mol. The van der Waals surface area contributed by atoms with E-state index in [1.807, 2.05) is 12.1 Å². The van der Waals surface area contributed by atoms with Gasteiger partial charge in [0.25, 0.3) is 0 Å². The zero-order valence-electron chi connectivity index (χ0n) is 11.3. The first-order valence-corrected chi connectivity index (χ1v) is 6.42. The molecule has 3 rings (SSSR count). The van der Waals surface area contributed by atoms with Crippen LogP contribution < -0.4 is 4.74 Å². The lowest BCUT2D eigenvalue weighted by Crippen LogP contribution is -2.03. The van der Waals surface area contributed by atoms with Crippen molar-refractivity contribution in [3.05, 3.63) is 71.7 Å². The van der Waals surface area contributed by atoms with Crippen LogP contribution in [0.2, 0.25) is 0 Å². The van der Waals surface area contributed by atoms with Crippen molar-refractivity contribution >= 4 is 16.7 Å². The molecule has 0 fully saturated rings. The highest BCUT2D eigenvalue weighted by molar-refractivity contribution is 6.16. The van der Waals surface area contributed by atoms with Gasteiger partial charge >= 0.3 is 0 Å². The number of hydrogen-bond acceptors (Lipinski definition) is 3. The number of hydrogen-bond donors (Lipinski definition) is 0. The molecule has 3 aromatic rings. The molecule has 4 heteroatoms. The van der Waals surface area contributed by atoms with Gasteiger partial charge in [0.1, 0.15) is 0 Å². The van der Waals surface area contributed by atoms with Crippen LogP contribution in [0.4, 0.5) is 4.39 Å². The van der Waals surface area contributed by atoms with E-state index in [-0.39, 0.29) is 11.5 Å². The number of ketones is 1. The molecule has 0 radical (unpaired) electrons. The minimum absolute atomic E-state index is 0.0548. The maximum Gasteiger partial charge on any atom is 0.193 e. The molecule has 3 nitrogen and oxygen atoms in total. The molecule has 0 bridgehead atoms. The van der Waals surface area contributed by atoms with Crippen molar-refractivity contribution in [1.82, 2.24) is 4.98 Å². The summed E-state index contributed by atoms with van der Waals surface area (Å²) in [4.78, 5) is 16.9. The Bertz CT molecular complexity index is 825. The summed E-state index contributed by atoms with van der Waals surface area (Å²) in [6, 6.07) is 13.1. The Morgan fingerprint density at radius 3 is 2.81 bits per heavy atom. The van der Waals surface area contributed by atoms with Gasteiger partial charge in [-0.2, -0.15) is 0 Å². The molecule has 0 saturated carbocycles. The first-order valence-electron chi connectivity index (χ1n) is 6.42. The van der Waals surface area contributed by atoms with E-state index < -0.39 is 5.82 Å². The first kappa shape index (κ1) is 13.2. The fourth-order valence-corrected chi connectivity index (χ4v) is 2.26. The highest BCUT2D eigenvalue weighted by Gasteiger charge is 2.15. The number of carbonyl (C=O) groups excluding carboxylic acids is 1. The van der Waals surface area contributed by atoms with Crippen LogP contribution in [0.1, 0.15) is 15.9 Å². The molecule has 0 amide bonds. The Kier molecular flexibility index (Phi) is 3.36. The van der Waals surface area contributed by atoms with Gasteiger partial charge in [0.2, 0.25) is 0 Å². The maximum absolute atomic E-state index is 13.4. The fourth-order valence-electron chi connectivity index (χ4n) is 2.26. The van der Waals surface area contributed by atoms with E-state index in [0.29, 0.717) is 11.1 Å². The van der Waals surface area contributed by atoms with E-state index in [2.05, 4.69) is 4.98 Å². The Morgan fingerprint density at radius 2 is 2.00 bits per heavy atom. The smallest absolute Gasteiger partial charge is 0.193 e. The zero-order valence-corrected chi connectivity index (χ0v) is 11.3. The Hall–Kier alpha value is -2.75. The van der Waals surface area contributed by atoms with Gasteiger partial charge in [0.15, 0.2) is 17.3 Å². The molecule has 0 N–H and O–H groups in total. The molecule has 21 heavy (non-hydrogen) atoms. The molecule has 0 aliphatic heterocycles. The number of methoxy groups -OCH3 is 1. The molecule has 0 unspecified atom stereocenters. The summed E-state index contributed by atoms with van der Waals surface area (Å²) in [5, 5.41) is 0.772. The van der Waals surface area contributed by atoms with Gasteiger partial charge in [-0.25, -0.2) is 4.39 Å². The first-order chi connectivity index (χ1) is 10.2. The molecule has 2 aromatic carbocycles. The molecule has 104 valence electrons. The number of ether oxygens (including phenoxy) is 1. The Labute approximate surface area is 121 Å². The van der Waals surface area contributed by atoms with Crippen molar-refractivity contribution in [2.45, 2.75) is 0 Å². The summed E-state index contributed by atoms with van der Waals surface area (Å²) >= 11 is 0. The topological polar surface area (TPSA) is 39.2 Å². The third kappa shape index (κ3) is 2.36. The number of halogens is 1. The SMILES string of the molecule is COc1cc(C(=O)c2cccc3ncccc23)ccc1F. The second-order valence-corrected chi connectivity index (χ2v) is 4.55. The standard InChI is InChI=1S/C17H12FNO2/c1-21-16-10-11(7-8-14(16)18)17(20)13-4-2-6-15-12(13)5-3-9-19-15/h2-10H,1H3. The van der Waals surface area contributed by atoms with Crippen LogP contribution in [-0.2, 0) is 0 Å². The van der Waals surface area contributed by atoms with Gasteiger partial charge in [-0.3, -0.25) is 9.78 Å². The number of rotatable bonds is 3. The second kappa shape index (κ2) is 5.32. The summed E-state index contributed by atoms with van der Waals surface area (Å²) in [5.41, 5.74) is 1.66. The largest absolute Gasteiger partial charge is 0.494 e. The van der Waals surface area contributed by atoms with Gasteiger partial charge < -0.3 is 4.74 Å². The number of benzene rings is 2. The predicted molar refractivity (Wildman–Crippen MR) is 78.1 cm³/mol. The maximum atomic E-state index is 13.4. The lowest BCUT2D eigenvalue weighted by atomic mass is 9.99. The molecular formula is C17H12FNO2. The number of carbonyl (C=O) groups is 1. The third-order valence-corrected chi connectivity index (χ3v) is 3.30. The quantitative estimate of drug-likeness (QED) is 0.688. The van der Waals surface area contributed by atoms with Crippen molar-refractivity contribution in [2.24, 2.45) is 0 Å². The number of aromatic nitrogens is 1. The van der Waals surface area contributed by atoms with Crippen molar-refractivity contribution in [3.63, 3.8) is 0 Å². The molecule has 0 aliphatic carbocycles. The van der Waals surface area contributed by atoms with Crippen LogP contribution in [0.25, 0.3) is 10.9 Å². The van der Waals surface area contributed by atoms with Gasteiger partial charge in [-0.15, -0.1) is 0 Å². The highest BCUT2D eigenvalue weighted by Crippen LogP contribution is 2.23. The van der Waals surface area contributed by atoms with Crippen LogP contribution in [-0.4, -0.2) is 17.9 Å².